The van der Waals surface area contributed by atoms with Crippen molar-refractivity contribution >= 4 is 49.9 Å². The van der Waals surface area contributed by atoms with Gasteiger partial charge in [-0.05, 0) is 53.6 Å². The molecule has 3 rings (SSSR count). The van der Waals surface area contributed by atoms with Gasteiger partial charge in [-0.15, -0.1) is 10.2 Å². The minimum absolute atomic E-state index is 0.761. The van der Waals surface area contributed by atoms with Crippen LogP contribution in [0.5, 0.6) is 0 Å². The molecular formula is C13H13BrIN3S. The van der Waals surface area contributed by atoms with Crippen LogP contribution in [0, 0.1) is 3.57 Å². The summed E-state index contributed by atoms with van der Waals surface area (Å²) in [6.45, 7) is 1.01. The van der Waals surface area contributed by atoms with Crippen LogP contribution in [-0.4, -0.2) is 22.8 Å². The first-order chi connectivity index (χ1) is 9.22. The van der Waals surface area contributed by atoms with Crippen LogP contribution in [0.3, 0.4) is 0 Å². The van der Waals surface area contributed by atoms with Crippen LogP contribution < -0.4 is 5.32 Å². The van der Waals surface area contributed by atoms with Gasteiger partial charge in [0, 0.05) is 32.6 Å². The molecule has 0 amide bonds. The molecule has 19 heavy (non-hydrogen) atoms. The standard InChI is InChI=1S/C13H13BrIN3S/c14-11-4-1-8(15)7-10(11)13-18-17-12(19-13)5-6-16-9-2-3-9/h1,4,7,9,16H,2-3,5-6H2. The molecule has 0 unspecified atom stereocenters. The van der Waals surface area contributed by atoms with Gasteiger partial charge in [0.2, 0.25) is 0 Å². The zero-order valence-corrected chi connectivity index (χ0v) is 14.8. The summed E-state index contributed by atoms with van der Waals surface area (Å²) >= 11 is 7.58. The van der Waals surface area contributed by atoms with Gasteiger partial charge in [0.15, 0.2) is 0 Å². The van der Waals surface area contributed by atoms with E-state index in [0.29, 0.717) is 0 Å². The highest BCUT2D eigenvalue weighted by Crippen LogP contribution is 2.31. The number of halogens is 2. The van der Waals surface area contributed by atoms with Crippen LogP contribution in [0.15, 0.2) is 22.7 Å². The maximum absolute atomic E-state index is 4.31. The molecule has 0 aliphatic heterocycles. The van der Waals surface area contributed by atoms with E-state index in [9.17, 15) is 0 Å². The van der Waals surface area contributed by atoms with E-state index < -0.39 is 0 Å². The lowest BCUT2D eigenvalue weighted by Crippen LogP contribution is -2.19. The summed E-state index contributed by atoms with van der Waals surface area (Å²) in [6, 6.07) is 7.04. The van der Waals surface area contributed by atoms with Crippen molar-refractivity contribution in [2.45, 2.75) is 25.3 Å². The molecule has 1 saturated carbocycles. The van der Waals surface area contributed by atoms with Crippen molar-refractivity contribution in [2.24, 2.45) is 0 Å². The van der Waals surface area contributed by atoms with Crippen molar-refractivity contribution < 1.29 is 0 Å². The third kappa shape index (κ3) is 3.74. The van der Waals surface area contributed by atoms with E-state index in [1.54, 1.807) is 11.3 Å². The summed E-state index contributed by atoms with van der Waals surface area (Å²) in [7, 11) is 0. The molecule has 6 heteroatoms. The summed E-state index contributed by atoms with van der Waals surface area (Å²) < 4.78 is 2.29. The van der Waals surface area contributed by atoms with Crippen molar-refractivity contribution in [3.63, 3.8) is 0 Å². The third-order valence-electron chi connectivity index (χ3n) is 2.97. The average Bonchev–Trinajstić information content (AvgIpc) is 3.10. The topological polar surface area (TPSA) is 37.8 Å². The van der Waals surface area contributed by atoms with E-state index in [1.165, 1.54) is 16.4 Å². The number of aromatic nitrogens is 2. The van der Waals surface area contributed by atoms with Crippen molar-refractivity contribution in [1.29, 1.82) is 0 Å². The molecule has 1 aliphatic carbocycles. The second-order valence-corrected chi connectivity index (χ2v) is 7.77. The van der Waals surface area contributed by atoms with Gasteiger partial charge >= 0.3 is 0 Å². The Morgan fingerprint density at radius 3 is 3.00 bits per heavy atom. The lowest BCUT2D eigenvalue weighted by molar-refractivity contribution is 0.677. The Labute approximate surface area is 138 Å². The van der Waals surface area contributed by atoms with Crippen LogP contribution in [0.1, 0.15) is 17.8 Å². The van der Waals surface area contributed by atoms with E-state index in [-0.39, 0.29) is 0 Å². The fraction of sp³-hybridized carbons (Fsp3) is 0.385. The molecule has 0 saturated heterocycles. The first kappa shape index (κ1) is 13.9. The number of nitrogens with one attached hydrogen (secondary N) is 1. The molecule has 1 heterocycles. The van der Waals surface area contributed by atoms with Crippen molar-refractivity contribution in [2.75, 3.05) is 6.54 Å². The minimum atomic E-state index is 0.761. The Bertz CT molecular complexity index is 583. The minimum Gasteiger partial charge on any atom is -0.314 e. The summed E-state index contributed by atoms with van der Waals surface area (Å²) in [6.07, 6.45) is 3.63. The summed E-state index contributed by atoms with van der Waals surface area (Å²) in [4.78, 5) is 0. The predicted octanol–water partition coefficient (Wildman–Crippen LogP) is 3.87. The van der Waals surface area contributed by atoms with Gasteiger partial charge in [-0.25, -0.2) is 0 Å². The molecule has 0 bridgehead atoms. The third-order valence-corrected chi connectivity index (χ3v) is 5.35. The van der Waals surface area contributed by atoms with Gasteiger partial charge in [-0.3, -0.25) is 0 Å². The Morgan fingerprint density at radius 2 is 2.21 bits per heavy atom. The molecular weight excluding hydrogens is 437 g/mol. The van der Waals surface area contributed by atoms with Gasteiger partial charge in [0.05, 0.1) is 0 Å². The largest absolute Gasteiger partial charge is 0.314 e. The molecule has 1 aromatic heterocycles. The van der Waals surface area contributed by atoms with Crippen LogP contribution in [-0.2, 0) is 6.42 Å². The fourth-order valence-corrected chi connectivity index (χ4v) is 3.72. The first-order valence-electron chi connectivity index (χ1n) is 6.23. The number of hydrogen-bond donors (Lipinski definition) is 1. The lowest BCUT2D eigenvalue weighted by Gasteiger charge is -2.00. The van der Waals surface area contributed by atoms with Gasteiger partial charge in [0.1, 0.15) is 10.0 Å². The monoisotopic (exact) mass is 449 g/mol. The number of rotatable bonds is 5. The highest BCUT2D eigenvalue weighted by atomic mass is 127. The fourth-order valence-electron chi connectivity index (χ4n) is 1.80. The van der Waals surface area contributed by atoms with E-state index in [2.05, 4.69) is 72.2 Å². The Kier molecular flexibility index (Phi) is 4.51. The molecule has 1 aliphatic rings. The number of benzene rings is 1. The smallest absolute Gasteiger partial charge is 0.148 e. The Balaban J connectivity index is 1.70. The molecule has 0 atom stereocenters. The van der Waals surface area contributed by atoms with Crippen LogP contribution in [0.2, 0.25) is 0 Å². The van der Waals surface area contributed by atoms with Gasteiger partial charge in [-0.1, -0.05) is 27.3 Å². The summed E-state index contributed by atoms with van der Waals surface area (Å²) in [5.74, 6) is 0. The second-order valence-electron chi connectivity index (χ2n) is 4.60. The van der Waals surface area contributed by atoms with Gasteiger partial charge < -0.3 is 5.32 Å². The van der Waals surface area contributed by atoms with E-state index >= 15 is 0 Å². The summed E-state index contributed by atoms with van der Waals surface area (Å²) in [5.41, 5.74) is 1.13. The highest BCUT2D eigenvalue weighted by molar-refractivity contribution is 14.1. The summed E-state index contributed by atoms with van der Waals surface area (Å²) in [5, 5.41) is 14.2. The van der Waals surface area contributed by atoms with Crippen molar-refractivity contribution in [3.05, 3.63) is 31.2 Å². The van der Waals surface area contributed by atoms with E-state index in [1.807, 2.05) is 0 Å². The highest BCUT2D eigenvalue weighted by Gasteiger charge is 2.20. The predicted molar refractivity (Wildman–Crippen MR) is 90.5 cm³/mol. The Morgan fingerprint density at radius 1 is 1.37 bits per heavy atom. The molecule has 1 fully saturated rings. The average molecular weight is 450 g/mol. The van der Waals surface area contributed by atoms with Crippen molar-refractivity contribution in [3.8, 4) is 10.6 Å². The van der Waals surface area contributed by atoms with Crippen LogP contribution >= 0.6 is 49.9 Å². The number of nitrogens with zero attached hydrogens (tertiary/aromatic N) is 2. The van der Waals surface area contributed by atoms with Gasteiger partial charge in [-0.2, -0.15) is 0 Å². The zero-order valence-electron chi connectivity index (χ0n) is 10.2. The maximum Gasteiger partial charge on any atom is 0.148 e. The molecule has 2 aromatic rings. The zero-order chi connectivity index (χ0) is 13.2. The molecule has 0 radical (unpaired) electrons. The molecule has 3 nitrogen and oxygen atoms in total. The van der Waals surface area contributed by atoms with Crippen molar-refractivity contribution in [1.82, 2.24) is 15.5 Å². The Hall–Kier alpha value is -0.0500. The van der Waals surface area contributed by atoms with Gasteiger partial charge in [0.25, 0.3) is 0 Å². The first-order valence-corrected chi connectivity index (χ1v) is 8.92. The quantitative estimate of drug-likeness (QED) is 0.704. The molecule has 1 N–H and O–H groups in total. The molecule has 1 aromatic carbocycles. The second kappa shape index (κ2) is 6.15. The van der Waals surface area contributed by atoms with E-state index in [4.69, 9.17) is 0 Å². The van der Waals surface area contributed by atoms with Crippen LogP contribution in [0.4, 0.5) is 0 Å². The number of hydrogen-bond acceptors (Lipinski definition) is 4. The SMILES string of the molecule is Brc1ccc(I)cc1-c1nnc(CCNC2CC2)s1. The lowest BCUT2D eigenvalue weighted by atomic mass is 10.2. The van der Waals surface area contributed by atoms with Crippen LogP contribution in [0.25, 0.3) is 10.6 Å². The maximum atomic E-state index is 4.31. The normalized spacial score (nSPS) is 14.8. The molecule has 0 spiro atoms. The molecule has 100 valence electrons. The van der Waals surface area contributed by atoms with E-state index in [0.717, 1.165) is 39.1 Å².